The number of amides is 1. The van der Waals surface area contributed by atoms with Crippen molar-refractivity contribution < 1.29 is 9.90 Å². The number of rotatable bonds is 9. The summed E-state index contributed by atoms with van der Waals surface area (Å²) >= 11 is 0. The fourth-order valence-corrected chi connectivity index (χ4v) is 1.64. The molecule has 108 valence electrons. The van der Waals surface area contributed by atoms with Gasteiger partial charge in [-0.2, -0.15) is 0 Å². The summed E-state index contributed by atoms with van der Waals surface area (Å²) in [4.78, 5) is 11.8. The molecule has 0 bridgehead atoms. The Kier molecular flexibility index (Phi) is 8.91. The standard InChI is InChI=1S/C12H28N4O2/c1-6-10(15-12(18)9(3)13-4)11(17)8-16(7-2)14-5/h9-11,13-14,17H,6-8H2,1-5H3,(H,15,18)/t9?,10?,11-/m0/s1. The Morgan fingerprint density at radius 2 is 1.94 bits per heavy atom. The first-order valence-corrected chi connectivity index (χ1v) is 6.58. The van der Waals surface area contributed by atoms with E-state index in [1.807, 2.05) is 25.9 Å². The number of hydrogen-bond acceptors (Lipinski definition) is 5. The maximum atomic E-state index is 11.8. The molecular weight excluding hydrogens is 232 g/mol. The number of nitrogens with one attached hydrogen (secondary N) is 3. The van der Waals surface area contributed by atoms with Gasteiger partial charge in [-0.3, -0.25) is 10.2 Å². The topological polar surface area (TPSA) is 76.6 Å². The van der Waals surface area contributed by atoms with E-state index in [0.717, 1.165) is 6.54 Å². The Hall–Kier alpha value is -0.690. The molecule has 0 aliphatic heterocycles. The van der Waals surface area contributed by atoms with Crippen molar-refractivity contribution in [1.82, 2.24) is 21.1 Å². The van der Waals surface area contributed by atoms with E-state index in [0.29, 0.717) is 13.0 Å². The fraction of sp³-hybridized carbons (Fsp3) is 0.917. The molecule has 3 atom stereocenters. The van der Waals surface area contributed by atoms with Crippen molar-refractivity contribution in [1.29, 1.82) is 0 Å². The number of likely N-dealkylation sites (N-methyl/N-ethyl adjacent to an activating group) is 2. The van der Waals surface area contributed by atoms with Gasteiger partial charge in [0.05, 0.1) is 18.2 Å². The minimum absolute atomic E-state index is 0.0871. The molecule has 6 heteroatoms. The average Bonchev–Trinajstić information content (AvgIpc) is 2.40. The van der Waals surface area contributed by atoms with E-state index < -0.39 is 6.10 Å². The van der Waals surface area contributed by atoms with Crippen LogP contribution in [0.25, 0.3) is 0 Å². The molecule has 0 aromatic heterocycles. The van der Waals surface area contributed by atoms with Crippen LogP contribution in [0.1, 0.15) is 27.2 Å². The van der Waals surface area contributed by atoms with Gasteiger partial charge in [-0.05, 0) is 27.4 Å². The predicted octanol–water partition coefficient (Wildman–Crippen LogP) is -0.694. The molecule has 1 amide bonds. The van der Waals surface area contributed by atoms with Crippen molar-refractivity contribution in [2.75, 3.05) is 27.2 Å². The molecular formula is C12H28N4O2. The zero-order valence-corrected chi connectivity index (χ0v) is 12.2. The maximum absolute atomic E-state index is 11.8. The quantitative estimate of drug-likeness (QED) is 0.413. The van der Waals surface area contributed by atoms with E-state index in [4.69, 9.17) is 0 Å². The minimum Gasteiger partial charge on any atom is -0.390 e. The lowest BCUT2D eigenvalue weighted by Crippen LogP contribution is -2.53. The molecule has 0 aromatic rings. The van der Waals surface area contributed by atoms with Crippen LogP contribution in [-0.4, -0.2) is 61.4 Å². The van der Waals surface area contributed by atoms with Gasteiger partial charge in [-0.1, -0.05) is 13.8 Å². The summed E-state index contributed by atoms with van der Waals surface area (Å²) < 4.78 is 0. The second-order valence-corrected chi connectivity index (χ2v) is 4.36. The third kappa shape index (κ3) is 5.77. The Bertz CT molecular complexity index is 234. The van der Waals surface area contributed by atoms with E-state index in [1.165, 1.54) is 0 Å². The number of carbonyl (C=O) groups is 1. The molecule has 0 aliphatic rings. The second-order valence-electron chi connectivity index (χ2n) is 4.36. The van der Waals surface area contributed by atoms with E-state index in [1.54, 1.807) is 14.0 Å². The normalized spacial score (nSPS) is 16.4. The summed E-state index contributed by atoms with van der Waals surface area (Å²) in [7, 11) is 3.56. The largest absolute Gasteiger partial charge is 0.390 e. The SMILES string of the molecule is CCC(NC(=O)C(C)NC)[C@@H](O)CN(CC)NC. The van der Waals surface area contributed by atoms with Crippen LogP contribution in [0, 0.1) is 0 Å². The molecule has 2 unspecified atom stereocenters. The Labute approximate surface area is 110 Å². The van der Waals surface area contributed by atoms with Crippen LogP contribution >= 0.6 is 0 Å². The average molecular weight is 260 g/mol. The summed E-state index contributed by atoms with van der Waals surface area (Å²) in [5.74, 6) is -0.0871. The van der Waals surface area contributed by atoms with Gasteiger partial charge in [0.1, 0.15) is 0 Å². The van der Waals surface area contributed by atoms with Gasteiger partial charge in [0.2, 0.25) is 5.91 Å². The Morgan fingerprint density at radius 3 is 2.33 bits per heavy atom. The summed E-state index contributed by atoms with van der Waals surface area (Å²) in [5, 5.41) is 17.8. The minimum atomic E-state index is -0.588. The zero-order chi connectivity index (χ0) is 14.1. The number of aliphatic hydroxyl groups is 1. The second kappa shape index (κ2) is 9.27. The van der Waals surface area contributed by atoms with Crippen molar-refractivity contribution in [3.8, 4) is 0 Å². The van der Waals surface area contributed by atoms with Crippen molar-refractivity contribution in [2.24, 2.45) is 0 Å². The first-order chi connectivity index (χ1) is 8.49. The molecule has 6 nitrogen and oxygen atoms in total. The molecule has 0 aliphatic carbocycles. The molecule has 18 heavy (non-hydrogen) atoms. The van der Waals surface area contributed by atoms with E-state index in [9.17, 15) is 9.90 Å². The van der Waals surface area contributed by atoms with Crippen molar-refractivity contribution >= 4 is 5.91 Å². The van der Waals surface area contributed by atoms with Gasteiger partial charge in [0.25, 0.3) is 0 Å². The summed E-state index contributed by atoms with van der Waals surface area (Å²) in [6.07, 6.45) is 0.111. The van der Waals surface area contributed by atoms with Crippen molar-refractivity contribution in [2.45, 2.75) is 45.4 Å². The van der Waals surface area contributed by atoms with Crippen molar-refractivity contribution in [3.05, 3.63) is 0 Å². The molecule has 0 heterocycles. The van der Waals surface area contributed by atoms with Gasteiger partial charge < -0.3 is 15.7 Å². The van der Waals surface area contributed by atoms with Gasteiger partial charge >= 0.3 is 0 Å². The summed E-state index contributed by atoms with van der Waals surface area (Å²) in [6, 6.07) is -0.478. The van der Waals surface area contributed by atoms with E-state index in [2.05, 4.69) is 16.1 Å². The monoisotopic (exact) mass is 260 g/mol. The molecule has 0 fully saturated rings. The first kappa shape index (κ1) is 17.3. The number of carbonyl (C=O) groups excluding carboxylic acids is 1. The zero-order valence-electron chi connectivity index (χ0n) is 12.2. The molecule has 0 radical (unpaired) electrons. The molecule has 0 saturated heterocycles. The molecule has 4 N–H and O–H groups in total. The lowest BCUT2D eigenvalue weighted by atomic mass is 10.1. The van der Waals surface area contributed by atoms with Crippen LogP contribution in [-0.2, 0) is 4.79 Å². The highest BCUT2D eigenvalue weighted by molar-refractivity contribution is 5.81. The Balaban J connectivity index is 4.34. The number of nitrogens with zero attached hydrogens (tertiary/aromatic N) is 1. The van der Waals surface area contributed by atoms with Gasteiger partial charge in [0, 0.05) is 13.1 Å². The summed E-state index contributed by atoms with van der Waals surface area (Å²) in [5.41, 5.74) is 3.00. The van der Waals surface area contributed by atoms with E-state index in [-0.39, 0.29) is 18.0 Å². The molecule has 0 aromatic carbocycles. The number of aliphatic hydroxyl groups excluding tert-OH is 1. The van der Waals surface area contributed by atoms with Crippen LogP contribution in [0.15, 0.2) is 0 Å². The highest BCUT2D eigenvalue weighted by Gasteiger charge is 2.23. The highest BCUT2D eigenvalue weighted by atomic mass is 16.3. The third-order valence-electron chi connectivity index (χ3n) is 3.16. The van der Waals surface area contributed by atoms with Crippen LogP contribution < -0.4 is 16.1 Å². The maximum Gasteiger partial charge on any atom is 0.237 e. The lowest BCUT2D eigenvalue weighted by Gasteiger charge is -2.29. The predicted molar refractivity (Wildman–Crippen MR) is 73.1 cm³/mol. The van der Waals surface area contributed by atoms with Crippen LogP contribution in [0.2, 0.25) is 0 Å². The first-order valence-electron chi connectivity index (χ1n) is 6.58. The number of hydrazine groups is 1. The van der Waals surface area contributed by atoms with Crippen LogP contribution in [0.5, 0.6) is 0 Å². The number of hydrogen-bond donors (Lipinski definition) is 4. The molecule has 0 saturated carbocycles. The smallest absolute Gasteiger partial charge is 0.237 e. The van der Waals surface area contributed by atoms with Gasteiger partial charge in [0.15, 0.2) is 0 Å². The molecule has 0 spiro atoms. The van der Waals surface area contributed by atoms with Crippen LogP contribution in [0.3, 0.4) is 0 Å². The van der Waals surface area contributed by atoms with Gasteiger partial charge in [-0.15, -0.1) is 0 Å². The van der Waals surface area contributed by atoms with E-state index >= 15 is 0 Å². The summed E-state index contributed by atoms with van der Waals surface area (Å²) in [6.45, 7) is 7.03. The lowest BCUT2D eigenvalue weighted by molar-refractivity contribution is -0.124. The Morgan fingerprint density at radius 1 is 1.33 bits per heavy atom. The molecule has 0 rings (SSSR count). The third-order valence-corrected chi connectivity index (χ3v) is 3.16. The fourth-order valence-electron chi connectivity index (χ4n) is 1.64. The highest BCUT2D eigenvalue weighted by Crippen LogP contribution is 2.01. The van der Waals surface area contributed by atoms with Crippen molar-refractivity contribution in [3.63, 3.8) is 0 Å². The van der Waals surface area contributed by atoms with Gasteiger partial charge in [-0.25, -0.2) is 5.01 Å². The van der Waals surface area contributed by atoms with Crippen LogP contribution in [0.4, 0.5) is 0 Å².